The fourth-order valence-electron chi connectivity index (χ4n) is 2.18. The van der Waals surface area contributed by atoms with Gasteiger partial charge in [-0.2, -0.15) is 0 Å². The number of nitrogens with zero attached hydrogens (tertiary/aromatic N) is 1. The lowest BCUT2D eigenvalue weighted by atomic mass is 10.1. The zero-order valence-electron chi connectivity index (χ0n) is 12.8. The first-order chi connectivity index (χ1) is 10.4. The highest BCUT2D eigenvalue weighted by Gasteiger charge is 2.05. The van der Waals surface area contributed by atoms with Crippen molar-refractivity contribution in [3.8, 4) is 0 Å². The summed E-state index contributed by atoms with van der Waals surface area (Å²) in [6, 6.07) is 11.6. The molecule has 0 saturated heterocycles. The number of pyridine rings is 1. The van der Waals surface area contributed by atoms with Crippen molar-refractivity contribution in [2.45, 2.75) is 25.8 Å². The Morgan fingerprint density at radius 2 is 1.82 bits per heavy atom. The first kappa shape index (κ1) is 16.3. The smallest absolute Gasteiger partial charge is 0.229 e. The number of hydrogen-bond donors (Lipinski definition) is 2. The normalized spacial score (nSPS) is 12.6. The Bertz CT molecular complexity index is 702. The van der Waals surface area contributed by atoms with E-state index in [1.54, 1.807) is 24.5 Å². The van der Waals surface area contributed by atoms with Crippen molar-refractivity contribution in [1.82, 2.24) is 4.98 Å². The molecule has 0 amide bonds. The van der Waals surface area contributed by atoms with Gasteiger partial charge in [0.15, 0.2) is 0 Å². The fourth-order valence-corrected chi connectivity index (χ4v) is 2.73. The van der Waals surface area contributed by atoms with Gasteiger partial charge in [0.2, 0.25) is 10.0 Å². The van der Waals surface area contributed by atoms with E-state index in [1.165, 1.54) is 5.56 Å². The molecule has 0 spiro atoms. The van der Waals surface area contributed by atoms with E-state index in [1.807, 2.05) is 24.3 Å². The summed E-state index contributed by atoms with van der Waals surface area (Å²) in [6.45, 7) is 2.11. The second-order valence-corrected chi connectivity index (χ2v) is 7.14. The van der Waals surface area contributed by atoms with E-state index in [4.69, 9.17) is 0 Å². The molecular formula is C16H21N3O2S. The van der Waals surface area contributed by atoms with Crippen LogP contribution in [0.2, 0.25) is 0 Å². The summed E-state index contributed by atoms with van der Waals surface area (Å²) in [5, 5.41) is 3.39. The predicted octanol–water partition coefficient (Wildman–Crippen LogP) is 2.89. The van der Waals surface area contributed by atoms with Gasteiger partial charge in [-0.3, -0.25) is 9.71 Å². The van der Waals surface area contributed by atoms with Crippen LogP contribution in [0.25, 0.3) is 0 Å². The average Bonchev–Trinajstić information content (AvgIpc) is 2.45. The fraction of sp³-hybridized carbons (Fsp3) is 0.312. The Kier molecular flexibility index (Phi) is 5.38. The maximum atomic E-state index is 11.3. The lowest BCUT2D eigenvalue weighted by Crippen LogP contribution is -2.16. The Morgan fingerprint density at radius 3 is 2.50 bits per heavy atom. The van der Waals surface area contributed by atoms with Crippen LogP contribution < -0.4 is 10.0 Å². The van der Waals surface area contributed by atoms with Gasteiger partial charge < -0.3 is 5.32 Å². The molecule has 1 unspecified atom stereocenters. The zero-order chi connectivity index (χ0) is 16.0. The van der Waals surface area contributed by atoms with Crippen molar-refractivity contribution in [2.75, 3.05) is 16.3 Å². The highest BCUT2D eigenvalue weighted by molar-refractivity contribution is 7.92. The molecule has 1 aromatic carbocycles. The van der Waals surface area contributed by atoms with Crippen molar-refractivity contribution in [3.63, 3.8) is 0 Å². The summed E-state index contributed by atoms with van der Waals surface area (Å²) in [4.78, 5) is 4.01. The van der Waals surface area contributed by atoms with Crippen LogP contribution >= 0.6 is 0 Å². The van der Waals surface area contributed by atoms with Crippen LogP contribution in [0.15, 0.2) is 48.8 Å². The molecule has 2 aromatic rings. The second-order valence-electron chi connectivity index (χ2n) is 5.39. The molecular weight excluding hydrogens is 298 g/mol. The van der Waals surface area contributed by atoms with Crippen LogP contribution in [0.5, 0.6) is 0 Å². The average molecular weight is 319 g/mol. The third-order valence-corrected chi connectivity index (χ3v) is 3.80. The number of rotatable bonds is 7. The third kappa shape index (κ3) is 5.73. The van der Waals surface area contributed by atoms with E-state index in [0.717, 1.165) is 24.8 Å². The van der Waals surface area contributed by atoms with Crippen molar-refractivity contribution in [3.05, 3.63) is 54.4 Å². The number of benzene rings is 1. The molecule has 0 bridgehead atoms. The van der Waals surface area contributed by atoms with Crippen LogP contribution in [0.4, 0.5) is 11.4 Å². The number of nitrogens with one attached hydrogen (secondary N) is 2. The van der Waals surface area contributed by atoms with E-state index >= 15 is 0 Å². The van der Waals surface area contributed by atoms with Gasteiger partial charge in [-0.15, -0.1) is 0 Å². The van der Waals surface area contributed by atoms with Gasteiger partial charge in [0.25, 0.3) is 0 Å². The second kappa shape index (κ2) is 7.26. The number of aryl methyl sites for hydroxylation is 1. The van der Waals surface area contributed by atoms with Gasteiger partial charge in [0.05, 0.1) is 11.9 Å². The molecule has 1 aromatic heterocycles. The predicted molar refractivity (Wildman–Crippen MR) is 90.6 cm³/mol. The minimum absolute atomic E-state index is 0.279. The first-order valence-corrected chi connectivity index (χ1v) is 9.05. The maximum absolute atomic E-state index is 11.3. The molecule has 6 heteroatoms. The SMILES string of the molecule is CC(CCc1ccncc1)Nc1cccc(NS(C)(=O)=O)c1. The molecule has 118 valence electrons. The maximum Gasteiger partial charge on any atom is 0.229 e. The van der Waals surface area contributed by atoms with E-state index < -0.39 is 10.0 Å². The Morgan fingerprint density at radius 1 is 1.14 bits per heavy atom. The minimum Gasteiger partial charge on any atom is -0.383 e. The number of anilines is 2. The van der Waals surface area contributed by atoms with Crippen molar-refractivity contribution >= 4 is 21.4 Å². The lowest BCUT2D eigenvalue weighted by Gasteiger charge is -2.16. The Labute approximate surface area is 131 Å². The van der Waals surface area contributed by atoms with E-state index in [9.17, 15) is 8.42 Å². The van der Waals surface area contributed by atoms with Gasteiger partial charge in [-0.25, -0.2) is 8.42 Å². The molecule has 0 saturated carbocycles. The van der Waals surface area contributed by atoms with E-state index in [-0.39, 0.29) is 6.04 Å². The van der Waals surface area contributed by atoms with Crippen LogP contribution in [0.3, 0.4) is 0 Å². The highest BCUT2D eigenvalue weighted by Crippen LogP contribution is 2.18. The van der Waals surface area contributed by atoms with Crippen LogP contribution in [0.1, 0.15) is 18.9 Å². The summed E-state index contributed by atoms with van der Waals surface area (Å²) in [6.07, 6.45) is 6.69. The topological polar surface area (TPSA) is 71.1 Å². The molecule has 1 atom stereocenters. The van der Waals surface area contributed by atoms with Crippen molar-refractivity contribution in [1.29, 1.82) is 0 Å². The summed E-state index contributed by atoms with van der Waals surface area (Å²) in [5.74, 6) is 0. The number of aromatic nitrogens is 1. The first-order valence-electron chi connectivity index (χ1n) is 7.16. The van der Waals surface area contributed by atoms with Crippen LogP contribution in [-0.2, 0) is 16.4 Å². The molecule has 0 aliphatic heterocycles. The Balaban J connectivity index is 1.91. The largest absolute Gasteiger partial charge is 0.383 e. The molecule has 2 N–H and O–H groups in total. The summed E-state index contributed by atoms with van der Waals surface area (Å²) < 4.78 is 25.0. The van der Waals surface area contributed by atoms with Gasteiger partial charge >= 0.3 is 0 Å². The molecule has 0 aliphatic carbocycles. The highest BCUT2D eigenvalue weighted by atomic mass is 32.2. The van der Waals surface area contributed by atoms with E-state index in [0.29, 0.717) is 5.69 Å². The summed E-state index contributed by atoms with van der Waals surface area (Å²) in [7, 11) is -3.25. The molecule has 1 heterocycles. The quantitative estimate of drug-likeness (QED) is 0.823. The number of hydrogen-bond acceptors (Lipinski definition) is 4. The lowest BCUT2D eigenvalue weighted by molar-refractivity contribution is 0.607. The van der Waals surface area contributed by atoms with Gasteiger partial charge in [0.1, 0.15) is 0 Å². The van der Waals surface area contributed by atoms with E-state index in [2.05, 4.69) is 21.9 Å². The molecule has 0 aliphatic rings. The van der Waals surface area contributed by atoms with Crippen LogP contribution in [0, 0.1) is 0 Å². The zero-order valence-corrected chi connectivity index (χ0v) is 13.6. The minimum atomic E-state index is -3.25. The van der Waals surface area contributed by atoms with Gasteiger partial charge in [0, 0.05) is 24.1 Å². The van der Waals surface area contributed by atoms with Crippen LogP contribution in [-0.4, -0.2) is 25.7 Å². The monoisotopic (exact) mass is 319 g/mol. The molecule has 0 radical (unpaired) electrons. The Hall–Kier alpha value is -2.08. The molecule has 22 heavy (non-hydrogen) atoms. The molecule has 2 rings (SSSR count). The summed E-state index contributed by atoms with van der Waals surface area (Å²) >= 11 is 0. The molecule has 5 nitrogen and oxygen atoms in total. The summed E-state index contributed by atoms with van der Waals surface area (Å²) in [5.41, 5.74) is 2.72. The van der Waals surface area contributed by atoms with Crippen molar-refractivity contribution in [2.24, 2.45) is 0 Å². The van der Waals surface area contributed by atoms with Gasteiger partial charge in [-0.05, 0) is 55.7 Å². The third-order valence-electron chi connectivity index (χ3n) is 3.19. The molecule has 0 fully saturated rings. The van der Waals surface area contributed by atoms with Gasteiger partial charge in [-0.1, -0.05) is 6.07 Å². The number of sulfonamides is 1. The standard InChI is InChI=1S/C16H21N3O2S/c1-13(6-7-14-8-10-17-11-9-14)18-15-4-3-5-16(12-15)19-22(2,20)21/h3-5,8-13,18-19H,6-7H2,1-2H3. The van der Waals surface area contributed by atoms with Crippen molar-refractivity contribution < 1.29 is 8.42 Å².